The first kappa shape index (κ1) is 24.8. The zero-order chi connectivity index (χ0) is 26.8. The molecule has 0 radical (unpaired) electrons. The SMILES string of the molecule is Cc1ccc(CN2CCN(C(=O)c3cnc(-c4ccc5c(c4)OCO5)nc3Nc3cccc(F)c3)CC2)cc1. The van der Waals surface area contributed by atoms with Gasteiger partial charge in [-0.1, -0.05) is 35.9 Å². The molecule has 39 heavy (non-hydrogen) atoms. The second kappa shape index (κ2) is 10.7. The lowest BCUT2D eigenvalue weighted by Gasteiger charge is -2.35. The van der Waals surface area contributed by atoms with Crippen molar-refractivity contribution >= 4 is 17.4 Å². The maximum absolute atomic E-state index is 13.9. The van der Waals surface area contributed by atoms with Crippen molar-refractivity contribution in [3.63, 3.8) is 0 Å². The van der Waals surface area contributed by atoms with Gasteiger partial charge in [0.05, 0.1) is 0 Å². The summed E-state index contributed by atoms with van der Waals surface area (Å²) in [4.78, 5) is 27.0. The van der Waals surface area contributed by atoms with Crippen molar-refractivity contribution in [2.75, 3.05) is 38.3 Å². The summed E-state index contributed by atoms with van der Waals surface area (Å²) in [6.45, 7) is 5.81. The number of nitrogens with one attached hydrogen (secondary N) is 1. The number of aryl methyl sites for hydroxylation is 1. The largest absolute Gasteiger partial charge is 0.454 e. The molecule has 1 aromatic heterocycles. The number of aromatic nitrogens is 2. The Kier molecular flexibility index (Phi) is 6.81. The van der Waals surface area contributed by atoms with E-state index in [0.717, 1.165) is 19.6 Å². The molecule has 2 aliphatic rings. The molecule has 3 aromatic carbocycles. The van der Waals surface area contributed by atoms with Gasteiger partial charge in [-0.3, -0.25) is 9.69 Å². The standard InChI is InChI=1S/C30H28FN5O3/c1-20-5-7-21(8-6-20)18-35-11-13-36(14-12-35)30(37)25-17-32-28(22-9-10-26-27(15-22)39-19-38-26)34-29(25)33-24-4-2-3-23(31)16-24/h2-10,15-17H,11-14,18-19H2,1H3,(H,32,33,34). The Morgan fingerprint density at radius 2 is 1.77 bits per heavy atom. The number of halogens is 1. The molecular formula is C30H28FN5O3. The minimum atomic E-state index is -0.386. The third-order valence-electron chi connectivity index (χ3n) is 6.92. The number of nitrogens with zero attached hydrogens (tertiary/aromatic N) is 4. The van der Waals surface area contributed by atoms with Crippen LogP contribution in [0.3, 0.4) is 0 Å². The molecule has 1 N–H and O–H groups in total. The fraction of sp³-hybridized carbons (Fsp3) is 0.233. The van der Waals surface area contributed by atoms with E-state index in [0.29, 0.717) is 53.0 Å². The normalized spacial score (nSPS) is 14.9. The van der Waals surface area contributed by atoms with Crippen LogP contribution in [0.25, 0.3) is 11.4 Å². The van der Waals surface area contributed by atoms with E-state index >= 15 is 0 Å². The molecule has 4 aromatic rings. The number of carbonyl (C=O) groups is 1. The summed E-state index contributed by atoms with van der Waals surface area (Å²) in [6.07, 6.45) is 1.54. The molecular weight excluding hydrogens is 497 g/mol. The predicted molar refractivity (Wildman–Crippen MR) is 146 cm³/mol. The van der Waals surface area contributed by atoms with Gasteiger partial charge in [-0.2, -0.15) is 0 Å². The second-order valence-corrected chi connectivity index (χ2v) is 9.71. The number of carbonyl (C=O) groups excluding carboxylic acids is 1. The Labute approximate surface area is 226 Å². The van der Waals surface area contributed by atoms with Crippen LogP contribution < -0.4 is 14.8 Å². The van der Waals surface area contributed by atoms with E-state index < -0.39 is 0 Å². The molecule has 6 rings (SSSR count). The Morgan fingerprint density at radius 3 is 2.56 bits per heavy atom. The molecule has 2 aliphatic heterocycles. The number of fused-ring (bicyclic) bond motifs is 1. The van der Waals surface area contributed by atoms with Crippen LogP contribution >= 0.6 is 0 Å². The van der Waals surface area contributed by atoms with Gasteiger partial charge in [-0.25, -0.2) is 14.4 Å². The lowest BCUT2D eigenvalue weighted by molar-refractivity contribution is 0.0628. The molecule has 3 heterocycles. The minimum Gasteiger partial charge on any atom is -0.454 e. The van der Waals surface area contributed by atoms with Gasteiger partial charge in [0.1, 0.15) is 17.2 Å². The van der Waals surface area contributed by atoms with Gasteiger partial charge < -0.3 is 19.7 Å². The van der Waals surface area contributed by atoms with Crippen molar-refractivity contribution in [3.8, 4) is 22.9 Å². The van der Waals surface area contributed by atoms with Crippen molar-refractivity contribution in [2.24, 2.45) is 0 Å². The number of hydrogen-bond acceptors (Lipinski definition) is 7. The van der Waals surface area contributed by atoms with Crippen LogP contribution in [0, 0.1) is 12.7 Å². The van der Waals surface area contributed by atoms with E-state index in [9.17, 15) is 9.18 Å². The van der Waals surface area contributed by atoms with E-state index in [1.54, 1.807) is 24.3 Å². The quantitative estimate of drug-likeness (QED) is 0.379. The van der Waals surface area contributed by atoms with Gasteiger partial charge in [0.25, 0.3) is 5.91 Å². The van der Waals surface area contributed by atoms with Crippen molar-refractivity contribution in [3.05, 3.63) is 95.4 Å². The maximum Gasteiger partial charge on any atom is 0.259 e. The fourth-order valence-corrected chi connectivity index (χ4v) is 4.74. The van der Waals surface area contributed by atoms with Crippen LogP contribution in [-0.4, -0.2) is 58.6 Å². The van der Waals surface area contributed by atoms with Gasteiger partial charge in [0.15, 0.2) is 17.3 Å². The highest BCUT2D eigenvalue weighted by atomic mass is 19.1. The van der Waals surface area contributed by atoms with Crippen LogP contribution in [0.4, 0.5) is 15.9 Å². The van der Waals surface area contributed by atoms with Crippen molar-refractivity contribution in [2.45, 2.75) is 13.5 Å². The molecule has 0 unspecified atom stereocenters. The molecule has 0 bridgehead atoms. The van der Waals surface area contributed by atoms with Crippen molar-refractivity contribution in [1.29, 1.82) is 0 Å². The highest BCUT2D eigenvalue weighted by Crippen LogP contribution is 2.35. The minimum absolute atomic E-state index is 0.164. The van der Waals surface area contributed by atoms with E-state index in [4.69, 9.17) is 9.47 Å². The Bertz CT molecular complexity index is 1500. The predicted octanol–water partition coefficient (Wildman–Crippen LogP) is 5.02. The van der Waals surface area contributed by atoms with E-state index in [1.807, 2.05) is 11.0 Å². The zero-order valence-corrected chi connectivity index (χ0v) is 21.6. The molecule has 0 saturated carbocycles. The van der Waals surface area contributed by atoms with Gasteiger partial charge in [0.2, 0.25) is 6.79 Å². The van der Waals surface area contributed by atoms with Crippen LogP contribution in [0.2, 0.25) is 0 Å². The smallest absolute Gasteiger partial charge is 0.259 e. The van der Waals surface area contributed by atoms with E-state index in [2.05, 4.69) is 51.4 Å². The molecule has 0 atom stereocenters. The monoisotopic (exact) mass is 525 g/mol. The van der Waals surface area contributed by atoms with Gasteiger partial charge in [0, 0.05) is 50.2 Å². The lowest BCUT2D eigenvalue weighted by atomic mass is 10.1. The average Bonchev–Trinajstić information content (AvgIpc) is 3.43. The summed E-state index contributed by atoms with van der Waals surface area (Å²) in [5.74, 6) is 1.44. The maximum atomic E-state index is 13.9. The summed E-state index contributed by atoms with van der Waals surface area (Å²) in [5, 5.41) is 3.14. The average molecular weight is 526 g/mol. The topological polar surface area (TPSA) is 79.8 Å². The summed E-state index contributed by atoms with van der Waals surface area (Å²) in [5.41, 5.74) is 4.03. The Balaban J connectivity index is 1.23. The number of ether oxygens (including phenoxy) is 2. The number of piperazine rings is 1. The highest BCUT2D eigenvalue weighted by Gasteiger charge is 2.26. The number of anilines is 2. The zero-order valence-electron chi connectivity index (χ0n) is 21.6. The third-order valence-corrected chi connectivity index (χ3v) is 6.92. The summed E-state index contributed by atoms with van der Waals surface area (Å²) < 4.78 is 24.8. The first-order valence-corrected chi connectivity index (χ1v) is 12.9. The molecule has 0 aliphatic carbocycles. The summed E-state index contributed by atoms with van der Waals surface area (Å²) in [7, 11) is 0. The van der Waals surface area contributed by atoms with Gasteiger partial charge >= 0.3 is 0 Å². The second-order valence-electron chi connectivity index (χ2n) is 9.71. The highest BCUT2D eigenvalue weighted by molar-refractivity contribution is 5.99. The first-order chi connectivity index (χ1) is 19.0. The molecule has 8 nitrogen and oxygen atoms in total. The van der Waals surface area contributed by atoms with Gasteiger partial charge in [-0.15, -0.1) is 0 Å². The molecule has 1 amide bonds. The van der Waals surface area contributed by atoms with Crippen LogP contribution in [0.5, 0.6) is 11.5 Å². The summed E-state index contributed by atoms with van der Waals surface area (Å²) >= 11 is 0. The van der Waals surface area contributed by atoms with Crippen molar-refractivity contribution in [1.82, 2.24) is 19.8 Å². The molecule has 1 fully saturated rings. The van der Waals surface area contributed by atoms with Gasteiger partial charge in [-0.05, 0) is 48.9 Å². The number of amides is 1. The number of rotatable bonds is 6. The molecule has 198 valence electrons. The lowest BCUT2D eigenvalue weighted by Crippen LogP contribution is -2.48. The first-order valence-electron chi connectivity index (χ1n) is 12.9. The van der Waals surface area contributed by atoms with Crippen LogP contribution in [-0.2, 0) is 6.54 Å². The van der Waals surface area contributed by atoms with E-state index in [1.165, 1.54) is 29.5 Å². The molecule has 9 heteroatoms. The molecule has 0 spiro atoms. The van der Waals surface area contributed by atoms with Crippen LogP contribution in [0.1, 0.15) is 21.5 Å². The number of benzene rings is 3. The van der Waals surface area contributed by atoms with Crippen LogP contribution in [0.15, 0.2) is 72.9 Å². The molecule has 1 saturated heterocycles. The Hall–Kier alpha value is -4.50. The fourth-order valence-electron chi connectivity index (χ4n) is 4.74. The third kappa shape index (κ3) is 5.53. The Morgan fingerprint density at radius 1 is 0.974 bits per heavy atom. The number of hydrogen-bond donors (Lipinski definition) is 1. The van der Waals surface area contributed by atoms with Crippen molar-refractivity contribution < 1.29 is 18.7 Å². The summed E-state index contributed by atoms with van der Waals surface area (Å²) in [6, 6.07) is 20.0. The van der Waals surface area contributed by atoms with E-state index in [-0.39, 0.29) is 18.5 Å².